The molecule has 1 heterocycles. The predicted octanol–water partition coefficient (Wildman–Crippen LogP) is 4.67. The number of aromatic amines is 1. The van der Waals surface area contributed by atoms with Crippen LogP contribution in [0.15, 0.2) is 30.3 Å². The first-order valence-corrected chi connectivity index (χ1v) is 5.92. The lowest BCUT2D eigenvalue weighted by atomic mass is 10.1. The average Bonchev–Trinajstić information content (AvgIpc) is 2.88. The summed E-state index contributed by atoms with van der Waals surface area (Å²) in [5.41, 5.74) is -0.606. The van der Waals surface area contributed by atoms with Crippen LogP contribution in [0.25, 0.3) is 11.3 Å². The number of rotatable bonds is 3. The summed E-state index contributed by atoms with van der Waals surface area (Å²) in [6.07, 6.45) is -6.38. The molecule has 0 aliphatic heterocycles. The molecule has 1 aromatic heterocycles. The second-order valence-electron chi connectivity index (χ2n) is 4.68. The van der Waals surface area contributed by atoms with Crippen molar-refractivity contribution in [2.45, 2.75) is 24.9 Å². The Kier molecular flexibility index (Phi) is 3.70. The summed E-state index contributed by atoms with van der Waals surface area (Å²) in [4.78, 5) is 0. The Morgan fingerprint density at radius 1 is 0.909 bits per heavy atom. The first-order chi connectivity index (χ1) is 9.97. The van der Waals surface area contributed by atoms with Crippen molar-refractivity contribution in [2.24, 2.45) is 0 Å². The maximum absolute atomic E-state index is 13.5. The van der Waals surface area contributed by atoms with E-state index in [9.17, 15) is 30.7 Å². The van der Waals surface area contributed by atoms with Crippen molar-refractivity contribution in [3.63, 3.8) is 0 Å². The fourth-order valence-electron chi connectivity index (χ4n) is 1.70. The molecule has 0 atom stereocenters. The second kappa shape index (κ2) is 4.99. The fraction of sp³-hybridized carbons (Fsp3) is 0.308. The van der Waals surface area contributed by atoms with E-state index in [0.29, 0.717) is 11.6 Å². The number of nitrogens with zero attached hydrogens (tertiary/aromatic N) is 1. The largest absolute Gasteiger partial charge is 0.460 e. The second-order valence-corrected chi connectivity index (χ2v) is 4.68. The van der Waals surface area contributed by atoms with E-state index in [4.69, 9.17) is 0 Å². The molecule has 1 N–H and O–H groups in total. The van der Waals surface area contributed by atoms with E-state index in [-0.39, 0.29) is 5.69 Å². The number of hydrogen-bond acceptors (Lipinski definition) is 1. The van der Waals surface area contributed by atoms with E-state index >= 15 is 0 Å². The van der Waals surface area contributed by atoms with Gasteiger partial charge in [-0.15, -0.1) is 0 Å². The van der Waals surface area contributed by atoms with Crippen molar-refractivity contribution in [1.82, 2.24) is 10.2 Å². The Bertz CT molecular complexity index is 656. The molecule has 2 nitrogen and oxygen atoms in total. The van der Waals surface area contributed by atoms with Gasteiger partial charge in [0.1, 0.15) is 5.69 Å². The molecule has 22 heavy (non-hydrogen) atoms. The van der Waals surface area contributed by atoms with Crippen LogP contribution >= 0.6 is 0 Å². The van der Waals surface area contributed by atoms with E-state index in [1.807, 2.05) is 0 Å². The quantitative estimate of drug-likeness (QED) is 0.816. The van der Waals surface area contributed by atoms with Crippen LogP contribution in [0.3, 0.4) is 0 Å². The maximum Gasteiger partial charge on any atom is 0.460 e. The van der Waals surface area contributed by atoms with Gasteiger partial charge in [0.25, 0.3) is 0 Å². The van der Waals surface area contributed by atoms with Crippen LogP contribution in [0.5, 0.6) is 0 Å². The molecular weight excluding hydrogens is 317 g/mol. The molecule has 9 heteroatoms. The molecule has 0 aliphatic carbocycles. The van der Waals surface area contributed by atoms with E-state index in [2.05, 4.69) is 5.10 Å². The highest BCUT2D eigenvalue weighted by molar-refractivity contribution is 5.59. The smallest absolute Gasteiger partial charge is 0.276 e. The Labute approximate surface area is 120 Å². The molecule has 0 fully saturated rings. The summed E-state index contributed by atoms with van der Waals surface area (Å²) in [6, 6.07) is 6.67. The van der Waals surface area contributed by atoms with Gasteiger partial charge in [-0.05, 0) is 13.0 Å². The number of hydrogen-bond donors (Lipinski definition) is 1. The van der Waals surface area contributed by atoms with Crippen LogP contribution in [0.1, 0.15) is 11.3 Å². The fourth-order valence-corrected chi connectivity index (χ4v) is 1.70. The first-order valence-electron chi connectivity index (χ1n) is 5.92. The number of benzene rings is 1. The molecule has 0 bridgehead atoms. The van der Waals surface area contributed by atoms with Gasteiger partial charge < -0.3 is 0 Å². The minimum Gasteiger partial charge on any atom is -0.276 e. The Morgan fingerprint density at radius 3 is 1.95 bits per heavy atom. The topological polar surface area (TPSA) is 28.7 Å². The lowest BCUT2D eigenvalue weighted by molar-refractivity contribution is -0.360. The van der Waals surface area contributed by atoms with Crippen LogP contribution in [0.2, 0.25) is 0 Å². The minimum absolute atomic E-state index is 0.160. The van der Waals surface area contributed by atoms with Gasteiger partial charge in [-0.25, -0.2) is 0 Å². The molecule has 2 aromatic rings. The van der Waals surface area contributed by atoms with Crippen molar-refractivity contribution >= 4 is 0 Å². The molecule has 120 valence electrons. The molecule has 0 spiro atoms. The van der Waals surface area contributed by atoms with Gasteiger partial charge in [-0.2, -0.15) is 35.8 Å². The Hall–Kier alpha value is -2.06. The van der Waals surface area contributed by atoms with Gasteiger partial charge in [0.05, 0.1) is 5.69 Å². The van der Waals surface area contributed by atoms with Crippen LogP contribution in [-0.2, 0) is 5.92 Å². The van der Waals surface area contributed by atoms with E-state index in [0.717, 1.165) is 5.56 Å². The van der Waals surface area contributed by atoms with Gasteiger partial charge in [-0.3, -0.25) is 5.10 Å². The van der Waals surface area contributed by atoms with Crippen LogP contribution in [0, 0.1) is 6.92 Å². The summed E-state index contributed by atoms with van der Waals surface area (Å²) in [6.45, 7) is 1.76. The SMILES string of the molecule is Cc1ccc(-c2cc(C(F)(F)C(F)(F)C(F)(F)F)[nH]n2)cc1. The third-order valence-corrected chi connectivity index (χ3v) is 3.01. The van der Waals surface area contributed by atoms with Gasteiger partial charge >= 0.3 is 18.0 Å². The zero-order chi connectivity index (χ0) is 16.8. The zero-order valence-corrected chi connectivity index (χ0v) is 11.0. The molecule has 0 saturated carbocycles. The third kappa shape index (κ3) is 2.55. The normalized spacial score (nSPS) is 13.5. The van der Waals surface area contributed by atoms with E-state index in [1.165, 1.54) is 12.1 Å². The number of nitrogens with one attached hydrogen (secondary N) is 1. The molecule has 0 saturated heterocycles. The van der Waals surface area contributed by atoms with Gasteiger partial charge in [0.15, 0.2) is 0 Å². The average molecular weight is 326 g/mol. The molecule has 1 aromatic carbocycles. The van der Waals surface area contributed by atoms with E-state index < -0.39 is 23.7 Å². The summed E-state index contributed by atoms with van der Waals surface area (Å²) in [7, 11) is 0. The monoisotopic (exact) mass is 326 g/mol. The number of alkyl halides is 7. The summed E-state index contributed by atoms with van der Waals surface area (Å²) < 4.78 is 89.2. The molecule has 0 amide bonds. The van der Waals surface area contributed by atoms with Crippen molar-refractivity contribution < 1.29 is 30.7 Å². The Morgan fingerprint density at radius 2 is 1.45 bits per heavy atom. The standard InChI is InChI=1S/C13H9F7N2/c1-7-2-4-8(5-3-7)9-6-10(22-21-9)11(14,15)12(16,17)13(18,19)20/h2-6H,1H3,(H,21,22). The summed E-state index contributed by atoms with van der Waals surface area (Å²) in [5, 5.41) is 4.93. The van der Waals surface area contributed by atoms with Crippen LogP contribution in [0.4, 0.5) is 30.7 Å². The summed E-state index contributed by atoms with van der Waals surface area (Å²) in [5.74, 6) is -11.7. The van der Waals surface area contributed by atoms with Crippen molar-refractivity contribution in [2.75, 3.05) is 0 Å². The highest BCUT2D eigenvalue weighted by Gasteiger charge is 2.74. The molecule has 0 radical (unpaired) electrons. The lowest BCUT2D eigenvalue weighted by Crippen LogP contribution is -2.50. The highest BCUT2D eigenvalue weighted by atomic mass is 19.4. The number of aryl methyl sites for hydroxylation is 1. The van der Waals surface area contributed by atoms with Crippen LogP contribution < -0.4 is 0 Å². The highest BCUT2D eigenvalue weighted by Crippen LogP contribution is 2.51. The van der Waals surface area contributed by atoms with Crippen molar-refractivity contribution in [3.05, 3.63) is 41.6 Å². The van der Waals surface area contributed by atoms with Crippen LogP contribution in [-0.4, -0.2) is 22.3 Å². The molecule has 0 aliphatic rings. The zero-order valence-electron chi connectivity index (χ0n) is 11.0. The van der Waals surface area contributed by atoms with Crippen molar-refractivity contribution in [3.8, 4) is 11.3 Å². The molecular formula is C13H9F7N2. The first kappa shape index (κ1) is 16.3. The van der Waals surface area contributed by atoms with Gasteiger partial charge in [0, 0.05) is 5.56 Å². The van der Waals surface area contributed by atoms with Crippen molar-refractivity contribution in [1.29, 1.82) is 0 Å². The maximum atomic E-state index is 13.5. The predicted molar refractivity (Wildman–Crippen MR) is 63.7 cm³/mol. The number of H-pyrrole nitrogens is 1. The molecule has 2 rings (SSSR count). The Balaban J connectivity index is 2.40. The van der Waals surface area contributed by atoms with Gasteiger partial charge in [-0.1, -0.05) is 29.8 Å². The number of aromatic nitrogens is 2. The lowest BCUT2D eigenvalue weighted by Gasteiger charge is -2.26. The number of halogens is 7. The van der Waals surface area contributed by atoms with Gasteiger partial charge in [0.2, 0.25) is 0 Å². The third-order valence-electron chi connectivity index (χ3n) is 3.01. The summed E-state index contributed by atoms with van der Waals surface area (Å²) >= 11 is 0. The molecule has 0 unspecified atom stereocenters. The minimum atomic E-state index is -6.38. The van der Waals surface area contributed by atoms with E-state index in [1.54, 1.807) is 24.2 Å².